The SMILES string of the molecule is CC(C)Oc1ccc(-c2nc(-c3ccc(COC(=O)C(N)CCC(=O)O)cc3Cl)no2)cc1C#N. The summed E-state index contributed by atoms with van der Waals surface area (Å²) >= 11 is 6.39. The fourth-order valence-corrected chi connectivity index (χ4v) is 3.33. The molecule has 1 aromatic heterocycles. The summed E-state index contributed by atoms with van der Waals surface area (Å²) in [6, 6.07) is 11.0. The van der Waals surface area contributed by atoms with E-state index in [1.807, 2.05) is 13.8 Å². The molecule has 1 unspecified atom stereocenters. The van der Waals surface area contributed by atoms with Crippen LogP contribution >= 0.6 is 11.6 Å². The summed E-state index contributed by atoms with van der Waals surface area (Å²) in [6.45, 7) is 3.66. The van der Waals surface area contributed by atoms with Gasteiger partial charge in [-0.2, -0.15) is 10.2 Å². The second-order valence-corrected chi connectivity index (χ2v) is 8.28. The van der Waals surface area contributed by atoms with Crippen LogP contribution in [0.15, 0.2) is 40.9 Å². The van der Waals surface area contributed by atoms with Crippen molar-refractivity contribution in [2.75, 3.05) is 0 Å². The molecule has 10 nitrogen and oxygen atoms in total. The van der Waals surface area contributed by atoms with Gasteiger partial charge in [-0.3, -0.25) is 9.59 Å². The van der Waals surface area contributed by atoms with Gasteiger partial charge in [-0.15, -0.1) is 0 Å². The molecule has 0 aliphatic carbocycles. The quantitative estimate of drug-likeness (QED) is 0.391. The Morgan fingerprint density at radius 1 is 1.26 bits per heavy atom. The van der Waals surface area contributed by atoms with Crippen LogP contribution in [0.3, 0.4) is 0 Å². The Hall–Kier alpha value is -3.94. The molecule has 0 spiro atoms. The number of hydrogen-bond donors (Lipinski definition) is 2. The van der Waals surface area contributed by atoms with E-state index in [1.165, 1.54) is 0 Å². The first kappa shape index (κ1) is 25.7. The summed E-state index contributed by atoms with van der Waals surface area (Å²) in [7, 11) is 0. The van der Waals surface area contributed by atoms with Gasteiger partial charge in [0.2, 0.25) is 5.82 Å². The maximum Gasteiger partial charge on any atom is 0.323 e. The van der Waals surface area contributed by atoms with Crippen molar-refractivity contribution in [1.29, 1.82) is 5.26 Å². The van der Waals surface area contributed by atoms with E-state index in [2.05, 4.69) is 16.2 Å². The summed E-state index contributed by atoms with van der Waals surface area (Å²) in [5, 5.41) is 22.4. The van der Waals surface area contributed by atoms with Crippen LogP contribution in [0.4, 0.5) is 0 Å². The molecule has 35 heavy (non-hydrogen) atoms. The number of aliphatic carboxylic acids is 1. The number of hydrogen-bond acceptors (Lipinski definition) is 9. The van der Waals surface area contributed by atoms with Gasteiger partial charge in [0.05, 0.1) is 16.7 Å². The Bertz CT molecular complexity index is 1270. The molecule has 1 atom stereocenters. The van der Waals surface area contributed by atoms with E-state index in [0.717, 1.165) is 0 Å². The summed E-state index contributed by atoms with van der Waals surface area (Å²) in [5.41, 5.74) is 7.63. The van der Waals surface area contributed by atoms with Gasteiger partial charge < -0.3 is 24.8 Å². The van der Waals surface area contributed by atoms with Gasteiger partial charge in [0.15, 0.2) is 0 Å². The van der Waals surface area contributed by atoms with E-state index in [-0.39, 0.29) is 37.3 Å². The molecule has 3 rings (SSSR count). The molecular formula is C24H23ClN4O6. The first-order chi connectivity index (χ1) is 16.7. The van der Waals surface area contributed by atoms with Crippen LogP contribution in [-0.4, -0.2) is 39.3 Å². The van der Waals surface area contributed by atoms with E-state index in [1.54, 1.807) is 36.4 Å². The lowest BCUT2D eigenvalue weighted by Gasteiger charge is -2.11. The summed E-state index contributed by atoms with van der Waals surface area (Å²) in [6.07, 6.45) is -0.320. The van der Waals surface area contributed by atoms with Crippen LogP contribution in [0, 0.1) is 11.3 Å². The van der Waals surface area contributed by atoms with Crippen molar-refractivity contribution in [2.24, 2.45) is 5.73 Å². The molecule has 0 saturated carbocycles. The number of aromatic nitrogens is 2. The number of carbonyl (C=O) groups excluding carboxylic acids is 1. The Kier molecular flexibility index (Phi) is 8.41. The predicted molar refractivity (Wildman–Crippen MR) is 125 cm³/mol. The maximum absolute atomic E-state index is 11.9. The number of carboxylic acids is 1. The zero-order valence-corrected chi connectivity index (χ0v) is 19.8. The molecule has 0 fully saturated rings. The number of rotatable bonds is 10. The van der Waals surface area contributed by atoms with Gasteiger partial charge >= 0.3 is 11.9 Å². The van der Waals surface area contributed by atoms with Crippen molar-refractivity contribution in [3.8, 4) is 34.7 Å². The number of nitriles is 1. The third-order valence-electron chi connectivity index (χ3n) is 4.76. The molecule has 11 heteroatoms. The van der Waals surface area contributed by atoms with E-state index in [0.29, 0.717) is 33.0 Å². The minimum atomic E-state index is -1.04. The van der Waals surface area contributed by atoms with Crippen molar-refractivity contribution in [2.45, 2.75) is 45.4 Å². The average Bonchev–Trinajstić information content (AvgIpc) is 3.30. The Labute approximate surface area is 206 Å². The van der Waals surface area contributed by atoms with Crippen LogP contribution in [0.5, 0.6) is 5.75 Å². The number of carbonyl (C=O) groups is 2. The number of esters is 1. The number of ether oxygens (including phenoxy) is 2. The zero-order chi connectivity index (χ0) is 25.5. The molecule has 1 heterocycles. The van der Waals surface area contributed by atoms with Gasteiger partial charge in [-0.25, -0.2) is 0 Å². The molecule has 0 aliphatic rings. The molecule has 0 saturated heterocycles. The highest BCUT2D eigenvalue weighted by Crippen LogP contribution is 2.31. The van der Waals surface area contributed by atoms with Crippen LogP contribution in [0.25, 0.3) is 22.8 Å². The first-order valence-electron chi connectivity index (χ1n) is 10.7. The topological polar surface area (TPSA) is 162 Å². The standard InChI is InChI=1S/C24H23ClN4O6/c1-13(2)34-20-7-4-15(10-16(20)11-26)23-28-22(29-35-23)17-5-3-14(9-18(17)25)12-33-24(32)19(27)6-8-21(30)31/h3-5,7,9-10,13,19H,6,8,12,27H2,1-2H3,(H,30,31). The lowest BCUT2D eigenvalue weighted by Crippen LogP contribution is -2.32. The molecule has 3 N–H and O–H groups in total. The number of nitrogens with zero attached hydrogens (tertiary/aromatic N) is 3. The highest BCUT2D eigenvalue weighted by atomic mass is 35.5. The molecule has 0 aliphatic heterocycles. The number of halogens is 1. The Morgan fingerprint density at radius 3 is 2.69 bits per heavy atom. The van der Waals surface area contributed by atoms with Crippen molar-refractivity contribution < 1.29 is 28.7 Å². The highest BCUT2D eigenvalue weighted by Gasteiger charge is 2.18. The average molecular weight is 499 g/mol. The lowest BCUT2D eigenvalue weighted by atomic mass is 10.1. The number of nitrogens with two attached hydrogens (primary N) is 1. The number of carboxylic acid groups (broad SMARTS) is 1. The van der Waals surface area contributed by atoms with Crippen molar-refractivity contribution in [3.63, 3.8) is 0 Å². The van der Waals surface area contributed by atoms with Crippen molar-refractivity contribution in [3.05, 3.63) is 52.5 Å². The summed E-state index contributed by atoms with van der Waals surface area (Å²) < 4.78 is 16.1. The molecular weight excluding hydrogens is 476 g/mol. The van der Waals surface area contributed by atoms with E-state index >= 15 is 0 Å². The van der Waals surface area contributed by atoms with E-state index < -0.39 is 18.0 Å². The minimum absolute atomic E-state index is 0.0165. The largest absolute Gasteiger partial charge is 0.490 e. The summed E-state index contributed by atoms with van der Waals surface area (Å²) in [5.74, 6) is -0.825. The fourth-order valence-electron chi connectivity index (χ4n) is 3.05. The number of benzene rings is 2. The van der Waals surface area contributed by atoms with Gasteiger partial charge in [-0.1, -0.05) is 22.8 Å². The zero-order valence-electron chi connectivity index (χ0n) is 19.0. The third kappa shape index (κ3) is 6.79. The minimum Gasteiger partial charge on any atom is -0.490 e. The lowest BCUT2D eigenvalue weighted by molar-refractivity contribution is -0.147. The Balaban J connectivity index is 1.70. The second kappa shape index (κ2) is 11.5. The highest BCUT2D eigenvalue weighted by molar-refractivity contribution is 6.33. The summed E-state index contributed by atoms with van der Waals surface area (Å²) in [4.78, 5) is 26.9. The van der Waals surface area contributed by atoms with Gasteiger partial charge in [0.25, 0.3) is 5.89 Å². The van der Waals surface area contributed by atoms with Gasteiger partial charge in [0, 0.05) is 17.5 Å². The molecule has 182 valence electrons. The van der Waals surface area contributed by atoms with E-state index in [4.69, 9.17) is 36.4 Å². The molecule has 3 aromatic rings. The molecule has 2 aromatic carbocycles. The van der Waals surface area contributed by atoms with Crippen LogP contribution < -0.4 is 10.5 Å². The van der Waals surface area contributed by atoms with Crippen LogP contribution in [0.1, 0.15) is 37.8 Å². The fraction of sp³-hybridized carbons (Fsp3) is 0.292. The van der Waals surface area contributed by atoms with Crippen LogP contribution in [-0.2, 0) is 20.9 Å². The van der Waals surface area contributed by atoms with Gasteiger partial charge in [0.1, 0.15) is 24.5 Å². The predicted octanol–water partition coefficient (Wildman–Crippen LogP) is 3.95. The molecule has 0 bridgehead atoms. The first-order valence-corrected chi connectivity index (χ1v) is 11.0. The Morgan fingerprint density at radius 2 is 2.03 bits per heavy atom. The normalized spacial score (nSPS) is 11.7. The maximum atomic E-state index is 11.9. The van der Waals surface area contributed by atoms with Gasteiger partial charge in [-0.05, 0) is 56.2 Å². The van der Waals surface area contributed by atoms with E-state index in [9.17, 15) is 14.9 Å². The van der Waals surface area contributed by atoms with Crippen molar-refractivity contribution >= 4 is 23.5 Å². The monoisotopic (exact) mass is 498 g/mol. The molecule has 0 radical (unpaired) electrons. The van der Waals surface area contributed by atoms with Crippen LogP contribution in [0.2, 0.25) is 5.02 Å². The third-order valence-corrected chi connectivity index (χ3v) is 5.08. The molecule has 0 amide bonds. The van der Waals surface area contributed by atoms with Crippen molar-refractivity contribution in [1.82, 2.24) is 10.1 Å². The smallest absolute Gasteiger partial charge is 0.323 e. The second-order valence-electron chi connectivity index (χ2n) is 7.87.